The quantitative estimate of drug-likeness (QED) is 0.274. The van der Waals surface area contributed by atoms with E-state index in [-0.39, 0.29) is 31.8 Å². The van der Waals surface area contributed by atoms with Gasteiger partial charge in [0.15, 0.2) is 6.29 Å². The minimum Gasteiger partial charge on any atom is -0.445 e. The molecule has 4 fully saturated rings. The number of likely N-dealkylation sites (tertiary alicyclic amines) is 2. The van der Waals surface area contributed by atoms with E-state index >= 15 is 0 Å². The fraction of sp³-hybridized carbons (Fsp3) is 0.462. The molecule has 3 aromatic rings. The van der Waals surface area contributed by atoms with E-state index in [0.29, 0.717) is 18.2 Å². The van der Waals surface area contributed by atoms with Crippen molar-refractivity contribution in [2.45, 2.75) is 82.3 Å². The number of anilines is 1. The van der Waals surface area contributed by atoms with Gasteiger partial charge in [0, 0.05) is 31.1 Å². The van der Waals surface area contributed by atoms with Crippen molar-refractivity contribution >= 4 is 23.6 Å². The molecule has 0 aliphatic carbocycles. The lowest BCUT2D eigenvalue weighted by atomic mass is 9.99. The van der Waals surface area contributed by atoms with Crippen LogP contribution in [0.4, 0.5) is 10.5 Å². The predicted molar refractivity (Wildman–Crippen MR) is 186 cm³/mol. The van der Waals surface area contributed by atoms with E-state index in [2.05, 4.69) is 15.1 Å². The number of rotatable bonds is 11. The molecule has 11 nitrogen and oxygen atoms in total. The number of amides is 3. The normalized spacial score (nSPS) is 26.1. The number of carbonyl (C=O) groups excluding carboxylic acids is 3. The van der Waals surface area contributed by atoms with E-state index in [1.165, 1.54) is 38.8 Å². The highest BCUT2D eigenvalue weighted by atomic mass is 16.7. The number of benzene rings is 3. The summed E-state index contributed by atoms with van der Waals surface area (Å²) in [6.45, 7) is 5.42. The van der Waals surface area contributed by atoms with E-state index in [9.17, 15) is 19.5 Å². The second-order valence-electron chi connectivity index (χ2n) is 13.8. The van der Waals surface area contributed by atoms with Crippen LogP contribution in [0.25, 0.3) is 0 Å². The van der Waals surface area contributed by atoms with Gasteiger partial charge in [-0.1, -0.05) is 66.7 Å². The van der Waals surface area contributed by atoms with Crippen LogP contribution in [0.3, 0.4) is 0 Å². The first kappa shape index (κ1) is 34.3. The summed E-state index contributed by atoms with van der Waals surface area (Å²) < 4.78 is 18.5. The molecule has 3 amide bonds. The summed E-state index contributed by atoms with van der Waals surface area (Å²) in [4.78, 5) is 44.9. The number of hydrogen-bond acceptors (Lipinski definition) is 9. The van der Waals surface area contributed by atoms with E-state index in [0.717, 1.165) is 46.8 Å². The van der Waals surface area contributed by atoms with Gasteiger partial charge < -0.3 is 29.5 Å². The zero-order valence-electron chi connectivity index (χ0n) is 28.3. The molecule has 4 heterocycles. The maximum absolute atomic E-state index is 13.3. The molecule has 4 saturated heterocycles. The van der Waals surface area contributed by atoms with Crippen molar-refractivity contribution < 1.29 is 33.7 Å². The van der Waals surface area contributed by atoms with Crippen molar-refractivity contribution in [3.05, 3.63) is 101 Å². The summed E-state index contributed by atoms with van der Waals surface area (Å²) in [5.41, 5.74) is 3.89. The van der Waals surface area contributed by atoms with Crippen LogP contribution in [0.2, 0.25) is 0 Å². The number of nitrogens with zero attached hydrogens (tertiary/aromatic N) is 3. The number of aliphatic hydroxyl groups is 1. The average molecular weight is 683 g/mol. The second kappa shape index (κ2) is 15.8. The molecule has 0 spiro atoms. The van der Waals surface area contributed by atoms with Crippen molar-refractivity contribution in [3.63, 3.8) is 0 Å². The number of nitrogens with one attached hydrogen (secondary N) is 1. The lowest BCUT2D eigenvalue weighted by Crippen LogP contribution is -2.45. The standard InChI is InChI=1S/C39H46N4O7/c44-25-27-10-12-29(13-11-27)35-21-33(24-42-20-6-9-32(42)23-41-18-4-5-19-41)49-38(50-35)30-14-16-31(17-15-30)43-36(45)22-34(37(43)46)40-39(47)48-26-28-7-2-1-3-8-28/h1-3,7-8,10-17,32-35,38,44H,4-6,9,18-26H2,(H,40,47). The predicted octanol–water partition coefficient (Wildman–Crippen LogP) is 4.84. The van der Waals surface area contributed by atoms with Gasteiger partial charge >= 0.3 is 6.09 Å². The molecule has 50 heavy (non-hydrogen) atoms. The number of aliphatic hydroxyl groups excluding tert-OH is 1. The van der Waals surface area contributed by atoms with E-state index in [1.54, 1.807) is 12.1 Å². The molecule has 4 aliphatic rings. The summed E-state index contributed by atoms with van der Waals surface area (Å²) >= 11 is 0. The third-order valence-electron chi connectivity index (χ3n) is 10.3. The van der Waals surface area contributed by atoms with Gasteiger partial charge in [0.2, 0.25) is 5.91 Å². The minimum absolute atomic E-state index is 0.0168. The molecular weight excluding hydrogens is 636 g/mol. The number of imide groups is 1. The van der Waals surface area contributed by atoms with Crippen molar-refractivity contribution in [1.29, 1.82) is 0 Å². The highest BCUT2D eigenvalue weighted by molar-refractivity contribution is 6.22. The Bertz CT molecular complexity index is 1610. The molecule has 4 aliphatic heterocycles. The van der Waals surface area contributed by atoms with Crippen LogP contribution in [-0.2, 0) is 37.0 Å². The van der Waals surface area contributed by atoms with Gasteiger partial charge in [0.1, 0.15) is 12.6 Å². The third kappa shape index (κ3) is 8.08. The molecular formula is C39H46N4O7. The lowest BCUT2D eigenvalue weighted by molar-refractivity contribution is -0.253. The molecule has 3 aromatic carbocycles. The van der Waals surface area contributed by atoms with Crippen molar-refractivity contribution in [1.82, 2.24) is 15.1 Å². The Hall–Kier alpha value is -4.13. The highest BCUT2D eigenvalue weighted by Crippen LogP contribution is 2.39. The Morgan fingerprint density at radius 3 is 2.32 bits per heavy atom. The fourth-order valence-electron chi connectivity index (χ4n) is 7.60. The smallest absolute Gasteiger partial charge is 0.408 e. The Morgan fingerprint density at radius 2 is 1.58 bits per heavy atom. The summed E-state index contributed by atoms with van der Waals surface area (Å²) in [5.74, 6) is -0.910. The van der Waals surface area contributed by atoms with Gasteiger partial charge in [-0.25, -0.2) is 9.69 Å². The molecule has 5 unspecified atom stereocenters. The summed E-state index contributed by atoms with van der Waals surface area (Å²) in [5, 5.41) is 12.1. The first-order valence-corrected chi connectivity index (χ1v) is 17.8. The monoisotopic (exact) mass is 682 g/mol. The maximum Gasteiger partial charge on any atom is 0.408 e. The zero-order chi connectivity index (χ0) is 34.5. The number of carbonyl (C=O) groups is 3. The zero-order valence-corrected chi connectivity index (χ0v) is 28.3. The van der Waals surface area contributed by atoms with Crippen LogP contribution in [0, 0.1) is 0 Å². The molecule has 7 rings (SSSR count). The molecule has 264 valence electrons. The summed E-state index contributed by atoms with van der Waals surface area (Å²) in [6, 6.07) is 23.7. The Kier molecular flexibility index (Phi) is 10.9. The van der Waals surface area contributed by atoms with Gasteiger partial charge in [0.25, 0.3) is 5.91 Å². The van der Waals surface area contributed by atoms with Crippen molar-refractivity contribution in [2.75, 3.05) is 37.6 Å². The number of ether oxygens (including phenoxy) is 3. The van der Waals surface area contributed by atoms with Crippen LogP contribution in [-0.4, -0.2) is 83.7 Å². The first-order valence-electron chi connectivity index (χ1n) is 17.8. The van der Waals surface area contributed by atoms with E-state index < -0.39 is 30.2 Å². The summed E-state index contributed by atoms with van der Waals surface area (Å²) in [7, 11) is 0. The second-order valence-corrected chi connectivity index (χ2v) is 13.8. The van der Waals surface area contributed by atoms with Crippen LogP contribution in [0.15, 0.2) is 78.9 Å². The van der Waals surface area contributed by atoms with Crippen LogP contribution >= 0.6 is 0 Å². The lowest BCUT2D eigenvalue weighted by Gasteiger charge is -2.39. The fourth-order valence-corrected chi connectivity index (χ4v) is 7.60. The number of hydrogen-bond donors (Lipinski definition) is 2. The molecule has 2 N–H and O–H groups in total. The summed E-state index contributed by atoms with van der Waals surface area (Å²) in [6.07, 6.45) is 3.85. The Morgan fingerprint density at radius 1 is 0.840 bits per heavy atom. The van der Waals surface area contributed by atoms with Gasteiger partial charge in [-0.2, -0.15) is 0 Å². The van der Waals surface area contributed by atoms with E-state index in [4.69, 9.17) is 14.2 Å². The van der Waals surface area contributed by atoms with Gasteiger partial charge in [0.05, 0.1) is 30.9 Å². The van der Waals surface area contributed by atoms with Crippen LogP contribution in [0.5, 0.6) is 0 Å². The Balaban J connectivity index is 1.02. The molecule has 11 heteroatoms. The minimum atomic E-state index is -1.01. The topological polar surface area (TPSA) is 121 Å². The largest absolute Gasteiger partial charge is 0.445 e. The van der Waals surface area contributed by atoms with Crippen LogP contribution in [0.1, 0.15) is 73.2 Å². The molecule has 0 aromatic heterocycles. The van der Waals surface area contributed by atoms with Crippen molar-refractivity contribution in [3.8, 4) is 0 Å². The molecule has 0 saturated carbocycles. The van der Waals surface area contributed by atoms with Gasteiger partial charge in [-0.05, 0) is 74.1 Å². The highest BCUT2D eigenvalue weighted by Gasteiger charge is 2.41. The first-order chi connectivity index (χ1) is 24.4. The molecule has 0 bridgehead atoms. The molecule has 5 atom stereocenters. The SMILES string of the molecule is O=C(NC1CC(=O)N(c2ccc(C3OC(CN4CCCC4CN4CCCC4)CC(c4ccc(CO)cc4)O3)cc2)C1=O)OCc1ccccc1. The third-order valence-corrected chi connectivity index (χ3v) is 10.3. The number of alkyl carbamates (subject to hydrolysis) is 1. The Labute approximate surface area is 293 Å². The van der Waals surface area contributed by atoms with Gasteiger partial charge in [-0.15, -0.1) is 0 Å². The van der Waals surface area contributed by atoms with Crippen molar-refractivity contribution in [2.24, 2.45) is 0 Å². The maximum atomic E-state index is 13.3. The van der Waals surface area contributed by atoms with Gasteiger partial charge in [-0.3, -0.25) is 14.5 Å². The molecule has 0 radical (unpaired) electrons. The van der Waals surface area contributed by atoms with E-state index in [1.807, 2.05) is 66.7 Å². The van der Waals surface area contributed by atoms with Crippen LogP contribution < -0.4 is 10.2 Å². The average Bonchev–Trinajstić information content (AvgIpc) is 3.89.